The Labute approximate surface area is 249 Å². The number of methoxy groups -OCH3 is 2. The van der Waals surface area contributed by atoms with Gasteiger partial charge in [-0.3, -0.25) is 4.79 Å². The number of fused-ring (bicyclic) bond motifs is 2. The van der Waals surface area contributed by atoms with Crippen LogP contribution in [-0.4, -0.2) is 44.7 Å². The molecule has 0 amide bonds. The lowest BCUT2D eigenvalue weighted by atomic mass is 9.77. The number of carboxylic acids is 1. The zero-order valence-corrected chi connectivity index (χ0v) is 24.2. The molecule has 0 aromatic heterocycles. The van der Waals surface area contributed by atoms with Crippen molar-refractivity contribution < 1.29 is 38.4 Å². The molecule has 1 heterocycles. The number of carbonyl (C=O) groups is 2. The van der Waals surface area contributed by atoms with E-state index < -0.39 is 17.8 Å². The Kier molecular flexibility index (Phi) is 7.67. The summed E-state index contributed by atoms with van der Waals surface area (Å²) in [6, 6.07) is 24.2. The van der Waals surface area contributed by atoms with Crippen LogP contribution in [0, 0.1) is 5.92 Å². The van der Waals surface area contributed by atoms with Crippen molar-refractivity contribution in [2.24, 2.45) is 5.92 Å². The second-order valence-electron chi connectivity index (χ2n) is 10.6. The molecule has 1 aliphatic carbocycles. The summed E-state index contributed by atoms with van der Waals surface area (Å²) in [4.78, 5) is 25.7. The lowest BCUT2D eigenvalue weighted by Crippen LogP contribution is -2.26. The van der Waals surface area contributed by atoms with Crippen LogP contribution in [0.5, 0.6) is 23.0 Å². The number of benzene rings is 4. The number of aromatic carboxylic acids is 1. The molecule has 0 spiro atoms. The zero-order valence-electron chi connectivity index (χ0n) is 24.2. The molecule has 1 N–H and O–H groups in total. The van der Waals surface area contributed by atoms with Crippen LogP contribution in [-0.2, 0) is 9.53 Å². The first-order valence-corrected chi connectivity index (χ1v) is 14.2. The van der Waals surface area contributed by atoms with Crippen LogP contribution >= 0.6 is 0 Å². The van der Waals surface area contributed by atoms with Crippen LogP contribution in [0.2, 0.25) is 0 Å². The molecular formula is C35H32O8. The lowest BCUT2D eigenvalue weighted by Gasteiger charge is -2.26. The number of esters is 1. The van der Waals surface area contributed by atoms with Gasteiger partial charge in [-0.2, -0.15) is 0 Å². The molecule has 3 atom stereocenters. The Morgan fingerprint density at radius 2 is 1.63 bits per heavy atom. The molecule has 220 valence electrons. The highest BCUT2D eigenvalue weighted by molar-refractivity contribution is 5.90. The molecule has 4 aromatic rings. The highest BCUT2D eigenvalue weighted by Crippen LogP contribution is 2.56. The van der Waals surface area contributed by atoms with Gasteiger partial charge >= 0.3 is 11.9 Å². The topological polar surface area (TPSA) is 101 Å². The zero-order chi connectivity index (χ0) is 30.1. The second kappa shape index (κ2) is 11.7. The summed E-state index contributed by atoms with van der Waals surface area (Å²) in [6.45, 7) is 2.76. The first kappa shape index (κ1) is 28.2. The number of hydrogen-bond acceptors (Lipinski definition) is 7. The van der Waals surface area contributed by atoms with Gasteiger partial charge in [-0.1, -0.05) is 37.3 Å². The van der Waals surface area contributed by atoms with E-state index in [1.165, 1.54) is 7.11 Å². The Morgan fingerprint density at radius 3 is 2.40 bits per heavy atom. The smallest absolute Gasteiger partial charge is 0.335 e. The normalized spacial score (nSPS) is 18.2. The SMILES string of the molecule is CCCOc1ccc2c(c1)C(c1ccc(OC)cc1-c1cccc(C(=O)O)c1)C(C(=O)OC)C2c1ccc2c(c1)OCO2. The molecule has 2 aliphatic rings. The van der Waals surface area contributed by atoms with E-state index >= 15 is 0 Å². The minimum Gasteiger partial charge on any atom is -0.497 e. The monoisotopic (exact) mass is 580 g/mol. The second-order valence-corrected chi connectivity index (χ2v) is 10.6. The molecule has 1 aliphatic heterocycles. The van der Waals surface area contributed by atoms with Gasteiger partial charge in [-0.05, 0) is 88.3 Å². The molecule has 6 rings (SSSR count). The average molecular weight is 581 g/mol. The molecule has 3 unspecified atom stereocenters. The van der Waals surface area contributed by atoms with Crippen molar-refractivity contribution in [3.8, 4) is 34.1 Å². The van der Waals surface area contributed by atoms with E-state index in [-0.39, 0.29) is 24.2 Å². The molecule has 0 radical (unpaired) electrons. The molecule has 4 aromatic carbocycles. The molecule has 0 saturated carbocycles. The minimum absolute atomic E-state index is 0.145. The highest BCUT2D eigenvalue weighted by Gasteiger charge is 2.48. The number of ether oxygens (including phenoxy) is 5. The molecule has 0 saturated heterocycles. The lowest BCUT2D eigenvalue weighted by molar-refractivity contribution is -0.146. The van der Waals surface area contributed by atoms with E-state index in [4.69, 9.17) is 23.7 Å². The van der Waals surface area contributed by atoms with E-state index in [0.717, 1.165) is 34.2 Å². The van der Waals surface area contributed by atoms with Gasteiger partial charge in [0.2, 0.25) is 6.79 Å². The van der Waals surface area contributed by atoms with Gasteiger partial charge < -0.3 is 28.8 Å². The standard InChI is InChI=1S/C35H32O8/c1-4-14-41-24-10-12-26-28(18-24)32(33(35(38)40-3)31(26)21-8-13-29-30(16-21)43-19-42-29)25-11-9-23(39-2)17-27(25)20-6-5-7-22(15-20)34(36)37/h5-13,15-18,31-33H,4,14,19H2,1-3H3,(H,36,37). The van der Waals surface area contributed by atoms with Gasteiger partial charge in [-0.25, -0.2) is 4.79 Å². The van der Waals surface area contributed by atoms with Gasteiger partial charge in [0.05, 0.1) is 32.3 Å². The molecular weight excluding hydrogens is 548 g/mol. The molecule has 8 heteroatoms. The van der Waals surface area contributed by atoms with Crippen molar-refractivity contribution in [3.05, 3.63) is 107 Å². The molecule has 0 bridgehead atoms. The number of carbonyl (C=O) groups excluding carboxylic acids is 1. The van der Waals surface area contributed by atoms with Crippen LogP contribution in [0.3, 0.4) is 0 Å². The third-order valence-corrected chi connectivity index (χ3v) is 8.16. The van der Waals surface area contributed by atoms with Gasteiger partial charge in [0, 0.05) is 11.8 Å². The summed E-state index contributed by atoms with van der Waals surface area (Å²) in [6.07, 6.45) is 0.855. The van der Waals surface area contributed by atoms with Gasteiger partial charge in [-0.15, -0.1) is 0 Å². The Bertz CT molecular complexity index is 1690. The summed E-state index contributed by atoms with van der Waals surface area (Å²) in [7, 11) is 2.99. The fraction of sp³-hybridized carbons (Fsp3) is 0.257. The molecule has 8 nitrogen and oxygen atoms in total. The fourth-order valence-electron chi connectivity index (χ4n) is 6.26. The van der Waals surface area contributed by atoms with Crippen LogP contribution in [0.15, 0.2) is 78.9 Å². The van der Waals surface area contributed by atoms with Crippen molar-refractivity contribution >= 4 is 11.9 Å². The van der Waals surface area contributed by atoms with Crippen molar-refractivity contribution in [2.45, 2.75) is 25.2 Å². The first-order valence-electron chi connectivity index (χ1n) is 14.2. The van der Waals surface area contributed by atoms with Gasteiger partial charge in [0.15, 0.2) is 11.5 Å². The number of carboxylic acid groups (broad SMARTS) is 1. The van der Waals surface area contributed by atoms with Crippen molar-refractivity contribution in [1.29, 1.82) is 0 Å². The average Bonchev–Trinajstić information content (AvgIpc) is 3.65. The van der Waals surface area contributed by atoms with Crippen LogP contribution in [0.25, 0.3) is 11.1 Å². The van der Waals surface area contributed by atoms with E-state index in [0.29, 0.717) is 35.2 Å². The highest BCUT2D eigenvalue weighted by atomic mass is 16.7. The Hall–Kier alpha value is -4.98. The van der Waals surface area contributed by atoms with E-state index in [9.17, 15) is 14.7 Å². The van der Waals surface area contributed by atoms with Crippen LogP contribution < -0.4 is 18.9 Å². The summed E-state index contributed by atoms with van der Waals surface area (Å²) < 4.78 is 28.3. The predicted octanol–water partition coefficient (Wildman–Crippen LogP) is 6.64. The quantitative estimate of drug-likeness (QED) is 0.220. The molecule has 0 fully saturated rings. The van der Waals surface area contributed by atoms with Crippen molar-refractivity contribution in [3.63, 3.8) is 0 Å². The van der Waals surface area contributed by atoms with E-state index in [1.807, 2.05) is 67.6 Å². The third-order valence-electron chi connectivity index (χ3n) is 8.16. The van der Waals surface area contributed by atoms with E-state index in [1.54, 1.807) is 25.3 Å². The maximum atomic E-state index is 13.8. The summed E-state index contributed by atoms with van der Waals surface area (Å²) >= 11 is 0. The minimum atomic E-state index is -1.02. The number of rotatable bonds is 9. The molecule has 43 heavy (non-hydrogen) atoms. The number of hydrogen-bond donors (Lipinski definition) is 1. The van der Waals surface area contributed by atoms with Crippen molar-refractivity contribution in [1.82, 2.24) is 0 Å². The van der Waals surface area contributed by atoms with Crippen LogP contribution in [0.4, 0.5) is 0 Å². The van der Waals surface area contributed by atoms with E-state index in [2.05, 4.69) is 0 Å². The summed E-state index contributed by atoms with van der Waals surface area (Å²) in [5.74, 6) is -0.219. The Balaban J connectivity index is 1.59. The first-order chi connectivity index (χ1) is 20.9. The Morgan fingerprint density at radius 1 is 0.837 bits per heavy atom. The van der Waals surface area contributed by atoms with Gasteiger partial charge in [0.25, 0.3) is 0 Å². The van der Waals surface area contributed by atoms with Crippen LogP contribution in [0.1, 0.15) is 57.8 Å². The largest absolute Gasteiger partial charge is 0.497 e. The predicted molar refractivity (Wildman–Crippen MR) is 159 cm³/mol. The third kappa shape index (κ3) is 5.14. The van der Waals surface area contributed by atoms with Gasteiger partial charge in [0.1, 0.15) is 11.5 Å². The summed E-state index contributed by atoms with van der Waals surface area (Å²) in [5.41, 5.74) is 5.28. The maximum absolute atomic E-state index is 13.8. The van der Waals surface area contributed by atoms with Crippen molar-refractivity contribution in [2.75, 3.05) is 27.6 Å². The maximum Gasteiger partial charge on any atom is 0.335 e. The fourth-order valence-corrected chi connectivity index (χ4v) is 6.26. The summed E-state index contributed by atoms with van der Waals surface area (Å²) in [5, 5.41) is 9.72.